The molecule has 1 atom stereocenters. The number of unbranched alkanes of at least 4 members (excludes halogenated alkanes) is 11. The lowest BCUT2D eigenvalue weighted by Crippen LogP contribution is -2.28. The van der Waals surface area contributed by atoms with Crippen molar-refractivity contribution in [2.75, 3.05) is 6.54 Å². The number of hydrogen-bond donors (Lipinski definition) is 2. The molecule has 0 aliphatic carbocycles. The topological polar surface area (TPSA) is 92.7 Å². The third kappa shape index (κ3) is 35.5. The first-order chi connectivity index (χ1) is 23.0. The summed E-state index contributed by atoms with van der Waals surface area (Å²) in [7, 11) is 0. The summed E-state index contributed by atoms with van der Waals surface area (Å²) in [5.41, 5.74) is 0. The molecule has 0 saturated heterocycles. The zero-order chi connectivity index (χ0) is 34.5. The number of carboxylic acid groups (broad SMARTS) is 1. The molecule has 0 aliphatic rings. The Labute approximate surface area is 287 Å². The van der Waals surface area contributed by atoms with E-state index < -0.39 is 5.97 Å². The number of aliphatic carboxylic acids is 1. The molecule has 0 spiro atoms. The molecule has 0 rings (SSSR count). The van der Waals surface area contributed by atoms with Crippen molar-refractivity contribution in [3.8, 4) is 0 Å². The standard InChI is InChI=1S/C41H67NO5/c1-3-5-7-9-11-13-14-15-16-17-18-19-20-22-24-26-32-36-41(46)47-38(33-29-25-23-21-12-10-8-6-4-2)34-30-27-28-31-35-39(43)42-37-40(44)45/h5,7,11,13,15-16,18-19,21,23,29,33,38H,3-4,6,8-10,12,14,17,20,22,24-28,30-32,34-37H2,1-2H3,(H,42,43)(H,44,45)/b7-5-,13-11-,16-15-,19-18-,23-21-,33-29-. The van der Waals surface area contributed by atoms with Gasteiger partial charge in [-0.15, -0.1) is 0 Å². The Balaban J connectivity index is 4.28. The average Bonchev–Trinajstić information content (AvgIpc) is 3.05. The number of hydrogen-bond acceptors (Lipinski definition) is 4. The monoisotopic (exact) mass is 654 g/mol. The van der Waals surface area contributed by atoms with Gasteiger partial charge in [0.15, 0.2) is 0 Å². The van der Waals surface area contributed by atoms with E-state index in [9.17, 15) is 14.4 Å². The zero-order valence-electron chi connectivity index (χ0n) is 29.8. The van der Waals surface area contributed by atoms with Crippen LogP contribution in [-0.2, 0) is 19.1 Å². The Kier molecular flexibility index (Phi) is 33.3. The van der Waals surface area contributed by atoms with Crippen molar-refractivity contribution in [2.24, 2.45) is 0 Å². The summed E-state index contributed by atoms with van der Waals surface area (Å²) in [6, 6.07) is 0. The van der Waals surface area contributed by atoms with Crippen LogP contribution in [0.4, 0.5) is 0 Å². The van der Waals surface area contributed by atoms with E-state index in [2.05, 4.69) is 86.0 Å². The SMILES string of the molecule is CC/C=C\C/C=C\C/C=C\C/C=C\CCCCCCC(=O)OC(/C=C\C/C=C\CCCCCC)CCCCCCC(=O)NCC(=O)O. The minimum absolute atomic E-state index is 0.125. The van der Waals surface area contributed by atoms with Crippen LogP contribution < -0.4 is 5.32 Å². The Morgan fingerprint density at radius 2 is 1.11 bits per heavy atom. The smallest absolute Gasteiger partial charge is 0.322 e. The number of esters is 1. The van der Waals surface area contributed by atoms with Crippen LogP contribution in [0.2, 0.25) is 0 Å². The van der Waals surface area contributed by atoms with E-state index in [1.165, 1.54) is 25.7 Å². The number of rotatable bonds is 32. The van der Waals surface area contributed by atoms with E-state index in [4.69, 9.17) is 9.84 Å². The Morgan fingerprint density at radius 1 is 0.596 bits per heavy atom. The van der Waals surface area contributed by atoms with Gasteiger partial charge in [0.25, 0.3) is 0 Å². The van der Waals surface area contributed by atoms with Crippen molar-refractivity contribution in [1.29, 1.82) is 0 Å². The van der Waals surface area contributed by atoms with Crippen LogP contribution in [0.5, 0.6) is 0 Å². The molecule has 2 N–H and O–H groups in total. The second-order valence-electron chi connectivity index (χ2n) is 12.1. The van der Waals surface area contributed by atoms with Gasteiger partial charge in [-0.3, -0.25) is 14.4 Å². The van der Waals surface area contributed by atoms with Crippen molar-refractivity contribution < 1.29 is 24.2 Å². The molecule has 47 heavy (non-hydrogen) atoms. The van der Waals surface area contributed by atoms with Crippen molar-refractivity contribution in [3.05, 3.63) is 72.9 Å². The van der Waals surface area contributed by atoms with Crippen molar-refractivity contribution >= 4 is 17.8 Å². The van der Waals surface area contributed by atoms with Crippen LogP contribution >= 0.6 is 0 Å². The third-order valence-corrected chi connectivity index (χ3v) is 7.60. The molecule has 266 valence electrons. The van der Waals surface area contributed by atoms with Crippen LogP contribution in [0.1, 0.15) is 155 Å². The molecule has 0 bridgehead atoms. The molecule has 0 saturated carbocycles. The lowest BCUT2D eigenvalue weighted by molar-refractivity contribution is -0.147. The number of allylic oxidation sites excluding steroid dienone is 11. The second-order valence-corrected chi connectivity index (χ2v) is 12.1. The maximum atomic E-state index is 12.6. The minimum atomic E-state index is -1.04. The summed E-state index contributed by atoms with van der Waals surface area (Å²) in [6.45, 7) is 4.04. The van der Waals surface area contributed by atoms with Crippen molar-refractivity contribution in [2.45, 2.75) is 161 Å². The Bertz CT molecular complexity index is 943. The van der Waals surface area contributed by atoms with E-state index in [1.54, 1.807) is 0 Å². The van der Waals surface area contributed by atoms with Crippen LogP contribution in [0.25, 0.3) is 0 Å². The molecule has 0 fully saturated rings. The van der Waals surface area contributed by atoms with E-state index in [0.29, 0.717) is 12.8 Å². The van der Waals surface area contributed by atoms with Gasteiger partial charge in [0, 0.05) is 12.8 Å². The molecule has 0 aromatic carbocycles. The molecule has 0 radical (unpaired) electrons. The number of ether oxygens (including phenoxy) is 1. The highest BCUT2D eigenvalue weighted by molar-refractivity contribution is 5.80. The van der Waals surface area contributed by atoms with Gasteiger partial charge in [0.2, 0.25) is 5.91 Å². The van der Waals surface area contributed by atoms with Crippen molar-refractivity contribution in [3.63, 3.8) is 0 Å². The molecule has 0 aromatic rings. The molecule has 1 amide bonds. The van der Waals surface area contributed by atoms with Crippen molar-refractivity contribution in [1.82, 2.24) is 5.32 Å². The summed E-state index contributed by atoms with van der Waals surface area (Å²) in [4.78, 5) is 34.8. The van der Waals surface area contributed by atoms with Crippen LogP contribution in [0.15, 0.2) is 72.9 Å². The maximum absolute atomic E-state index is 12.6. The van der Waals surface area contributed by atoms with Gasteiger partial charge in [-0.05, 0) is 89.5 Å². The van der Waals surface area contributed by atoms with Gasteiger partial charge in [0.05, 0.1) is 0 Å². The highest BCUT2D eigenvalue weighted by Gasteiger charge is 2.11. The van der Waals surface area contributed by atoms with E-state index >= 15 is 0 Å². The quantitative estimate of drug-likeness (QED) is 0.0428. The van der Waals surface area contributed by atoms with Gasteiger partial charge < -0.3 is 15.2 Å². The van der Waals surface area contributed by atoms with E-state index in [0.717, 1.165) is 103 Å². The molecule has 6 nitrogen and oxygen atoms in total. The fraction of sp³-hybridized carbons (Fsp3) is 0.634. The predicted molar refractivity (Wildman–Crippen MR) is 198 cm³/mol. The second kappa shape index (κ2) is 35.7. The molecule has 0 aromatic heterocycles. The number of carboxylic acids is 1. The fourth-order valence-corrected chi connectivity index (χ4v) is 4.86. The lowest BCUT2D eigenvalue weighted by atomic mass is 10.1. The molecular weight excluding hydrogens is 586 g/mol. The van der Waals surface area contributed by atoms with Crippen LogP contribution in [-0.4, -0.2) is 35.6 Å². The highest BCUT2D eigenvalue weighted by Crippen LogP contribution is 2.14. The van der Waals surface area contributed by atoms with E-state index in [1.807, 2.05) is 6.08 Å². The molecule has 1 unspecified atom stereocenters. The Morgan fingerprint density at radius 3 is 1.70 bits per heavy atom. The van der Waals surface area contributed by atoms with Gasteiger partial charge >= 0.3 is 11.9 Å². The summed E-state index contributed by atoms with van der Waals surface area (Å²) in [5.74, 6) is -1.39. The molecule has 0 heterocycles. The minimum Gasteiger partial charge on any atom is -0.480 e. The number of carbonyl (C=O) groups is 3. The first-order valence-corrected chi connectivity index (χ1v) is 18.6. The Hall–Kier alpha value is -3.15. The number of carbonyl (C=O) groups excluding carboxylic acids is 2. The number of nitrogens with one attached hydrogen (secondary N) is 1. The van der Waals surface area contributed by atoms with E-state index in [-0.39, 0.29) is 24.5 Å². The average molecular weight is 654 g/mol. The third-order valence-electron chi connectivity index (χ3n) is 7.60. The summed E-state index contributed by atoms with van der Waals surface area (Å²) >= 11 is 0. The lowest BCUT2D eigenvalue weighted by Gasteiger charge is -2.14. The summed E-state index contributed by atoms with van der Waals surface area (Å²) in [6.07, 6.45) is 47.4. The molecular formula is C41H67NO5. The predicted octanol–water partition coefficient (Wildman–Crippen LogP) is 11.1. The molecule has 0 aliphatic heterocycles. The largest absolute Gasteiger partial charge is 0.480 e. The van der Waals surface area contributed by atoms with Crippen LogP contribution in [0, 0.1) is 0 Å². The highest BCUT2D eigenvalue weighted by atomic mass is 16.5. The summed E-state index contributed by atoms with van der Waals surface area (Å²) in [5, 5.41) is 11.0. The first kappa shape index (κ1) is 43.9. The fourth-order valence-electron chi connectivity index (χ4n) is 4.86. The summed E-state index contributed by atoms with van der Waals surface area (Å²) < 4.78 is 5.86. The molecule has 6 heteroatoms. The normalized spacial score (nSPS) is 12.9. The van der Waals surface area contributed by atoms with Crippen LogP contribution in [0.3, 0.4) is 0 Å². The van der Waals surface area contributed by atoms with Gasteiger partial charge in [-0.1, -0.05) is 126 Å². The first-order valence-electron chi connectivity index (χ1n) is 18.6. The zero-order valence-corrected chi connectivity index (χ0v) is 29.8. The van der Waals surface area contributed by atoms with Gasteiger partial charge in [0.1, 0.15) is 12.6 Å². The number of amides is 1. The van der Waals surface area contributed by atoms with Gasteiger partial charge in [-0.2, -0.15) is 0 Å². The van der Waals surface area contributed by atoms with Gasteiger partial charge in [-0.25, -0.2) is 0 Å². The maximum Gasteiger partial charge on any atom is 0.322 e.